The Balaban J connectivity index is 0.000000230. The summed E-state index contributed by atoms with van der Waals surface area (Å²) >= 11 is 1.63. The minimum Gasteiger partial charge on any atom is -0.500 e. The van der Waals surface area contributed by atoms with Crippen molar-refractivity contribution in [3.05, 3.63) is 119 Å². The van der Waals surface area contributed by atoms with Crippen LogP contribution in [0.15, 0.2) is 95.0 Å². The molecule has 3 nitrogen and oxygen atoms in total. The van der Waals surface area contributed by atoms with E-state index >= 15 is 0 Å². The first kappa shape index (κ1) is 19.4. The molecule has 0 saturated carbocycles. The predicted molar refractivity (Wildman–Crippen MR) is 154 cm³/mol. The van der Waals surface area contributed by atoms with Gasteiger partial charge in [-0.15, -0.1) is 65.4 Å². The first-order chi connectivity index (χ1) is 20.5. The summed E-state index contributed by atoms with van der Waals surface area (Å²) in [5.74, 6) is 0. The molecular weight excluding hydrogens is 665 g/mol. The van der Waals surface area contributed by atoms with Gasteiger partial charge in [-0.2, -0.15) is 0 Å². The minimum atomic E-state index is -2.59. The molecule has 4 heterocycles. The van der Waals surface area contributed by atoms with Gasteiger partial charge in [0.15, 0.2) is 0 Å². The number of nitrogens with zero attached hydrogens (tertiary/aromatic N) is 2. The first-order valence-electron chi connectivity index (χ1n) is 14.6. The second-order valence-corrected chi connectivity index (χ2v) is 9.53. The van der Waals surface area contributed by atoms with Gasteiger partial charge in [-0.1, -0.05) is 40.8 Å². The van der Waals surface area contributed by atoms with Crippen LogP contribution in [0.4, 0.5) is 0 Å². The summed E-state index contributed by atoms with van der Waals surface area (Å²) in [6.45, 7) is -3.13. The van der Waals surface area contributed by atoms with Crippen molar-refractivity contribution >= 4 is 43.4 Å². The third-order valence-corrected chi connectivity index (χ3v) is 6.97. The van der Waals surface area contributed by atoms with Crippen molar-refractivity contribution in [2.45, 2.75) is 20.6 Å². The molecule has 3 aromatic carbocycles. The van der Waals surface area contributed by atoms with Crippen molar-refractivity contribution in [2.24, 2.45) is 0 Å². The van der Waals surface area contributed by atoms with Crippen LogP contribution >= 0.6 is 11.3 Å². The van der Waals surface area contributed by atoms with Crippen molar-refractivity contribution in [3.63, 3.8) is 0 Å². The SMILES string of the molecule is Cc1ccc(-c2[c-]cccc2)nc1.[2H]C([2H])([2H])c1cnc(-c2[c-]ccc3c2oc2c4ccsc4ccc32)cc1C([2H])([2H])[2H].[Ir]. The van der Waals surface area contributed by atoms with Crippen LogP contribution < -0.4 is 0 Å². The molecule has 189 valence electrons. The fourth-order valence-electron chi connectivity index (χ4n) is 4.21. The van der Waals surface area contributed by atoms with E-state index in [1.165, 1.54) is 11.6 Å². The van der Waals surface area contributed by atoms with E-state index in [2.05, 4.69) is 28.2 Å². The number of furan rings is 1. The fourth-order valence-corrected chi connectivity index (χ4v) is 4.99. The molecule has 0 aliphatic heterocycles. The molecule has 4 aromatic heterocycles. The average Bonchev–Trinajstić information content (AvgIpc) is 3.62. The van der Waals surface area contributed by atoms with Gasteiger partial charge in [0.25, 0.3) is 0 Å². The van der Waals surface area contributed by atoms with Gasteiger partial charge in [-0.25, -0.2) is 0 Å². The van der Waals surface area contributed by atoms with Gasteiger partial charge in [0.05, 0.1) is 5.58 Å². The van der Waals surface area contributed by atoms with E-state index in [-0.39, 0.29) is 31.2 Å². The van der Waals surface area contributed by atoms with Crippen molar-refractivity contribution in [3.8, 4) is 22.5 Å². The number of pyridine rings is 2. The molecular formula is C33H24IrN2OS-2. The second kappa shape index (κ2) is 11.0. The fraction of sp³-hybridized carbons (Fsp3) is 0.0909. The van der Waals surface area contributed by atoms with Crippen LogP contribution in [0.3, 0.4) is 0 Å². The van der Waals surface area contributed by atoms with Crippen molar-refractivity contribution in [1.82, 2.24) is 9.97 Å². The molecule has 0 saturated heterocycles. The minimum absolute atomic E-state index is 0. The largest absolute Gasteiger partial charge is 0.500 e. The summed E-state index contributed by atoms with van der Waals surface area (Å²) in [5.41, 5.74) is 4.78. The van der Waals surface area contributed by atoms with E-state index < -0.39 is 13.7 Å². The molecule has 0 N–H and O–H groups in total. The summed E-state index contributed by atoms with van der Waals surface area (Å²) in [4.78, 5) is 8.58. The van der Waals surface area contributed by atoms with Crippen LogP contribution in [0.25, 0.3) is 54.5 Å². The van der Waals surface area contributed by atoms with Gasteiger partial charge < -0.3 is 14.4 Å². The monoisotopic (exact) mass is 695 g/mol. The molecule has 0 aliphatic carbocycles. The topological polar surface area (TPSA) is 38.9 Å². The van der Waals surface area contributed by atoms with E-state index in [9.17, 15) is 0 Å². The maximum Gasteiger partial charge on any atom is 0.129 e. The molecule has 38 heavy (non-hydrogen) atoms. The van der Waals surface area contributed by atoms with Crippen LogP contribution in [-0.4, -0.2) is 9.97 Å². The number of rotatable bonds is 2. The Hall–Kier alpha value is -3.63. The summed E-state index contributed by atoms with van der Waals surface area (Å²) in [6.07, 6.45) is 2.99. The summed E-state index contributed by atoms with van der Waals surface area (Å²) in [7, 11) is 0. The van der Waals surface area contributed by atoms with Crippen molar-refractivity contribution in [2.75, 3.05) is 0 Å². The number of thiophene rings is 1. The number of fused-ring (bicyclic) bond motifs is 5. The molecule has 0 amide bonds. The maximum atomic E-state index is 7.80. The van der Waals surface area contributed by atoms with Crippen LogP contribution in [0.5, 0.6) is 0 Å². The van der Waals surface area contributed by atoms with Gasteiger partial charge in [-0.05, 0) is 60.7 Å². The zero-order chi connectivity index (χ0) is 30.4. The second-order valence-electron chi connectivity index (χ2n) is 8.58. The van der Waals surface area contributed by atoms with E-state index in [0.29, 0.717) is 16.8 Å². The van der Waals surface area contributed by atoms with Gasteiger partial charge in [0.1, 0.15) is 5.58 Å². The molecule has 7 rings (SSSR count). The van der Waals surface area contributed by atoms with Crippen molar-refractivity contribution < 1.29 is 32.7 Å². The summed E-state index contributed by atoms with van der Waals surface area (Å²) in [5, 5.41) is 4.82. The van der Waals surface area contributed by atoms with Crippen LogP contribution in [-0.2, 0) is 20.1 Å². The summed E-state index contributed by atoms with van der Waals surface area (Å²) in [6, 6.07) is 29.2. The first-order valence-corrected chi connectivity index (χ1v) is 12.5. The van der Waals surface area contributed by atoms with E-state index in [1.54, 1.807) is 17.4 Å². The third kappa shape index (κ3) is 4.93. The maximum absolute atomic E-state index is 7.80. The molecule has 0 bridgehead atoms. The smallest absolute Gasteiger partial charge is 0.129 e. The Morgan fingerprint density at radius 3 is 2.45 bits per heavy atom. The average molecular weight is 695 g/mol. The zero-order valence-electron chi connectivity index (χ0n) is 26.2. The van der Waals surface area contributed by atoms with Gasteiger partial charge in [-0.3, -0.25) is 0 Å². The molecule has 0 aliphatic rings. The predicted octanol–water partition coefficient (Wildman–Crippen LogP) is 9.13. The van der Waals surface area contributed by atoms with E-state index in [1.807, 2.05) is 73.1 Å². The molecule has 0 fully saturated rings. The quantitative estimate of drug-likeness (QED) is 0.170. The molecule has 0 unspecified atom stereocenters. The van der Waals surface area contributed by atoms with Crippen LogP contribution in [0.1, 0.15) is 24.9 Å². The number of aromatic nitrogens is 2. The molecule has 7 aromatic rings. The van der Waals surface area contributed by atoms with Crippen LogP contribution in [0, 0.1) is 32.8 Å². The third-order valence-electron chi connectivity index (χ3n) is 6.09. The van der Waals surface area contributed by atoms with E-state index in [0.717, 1.165) is 43.9 Å². The number of hydrogen-bond donors (Lipinski definition) is 0. The van der Waals surface area contributed by atoms with Crippen molar-refractivity contribution in [1.29, 1.82) is 0 Å². The van der Waals surface area contributed by atoms with Gasteiger partial charge in [0.2, 0.25) is 0 Å². The van der Waals surface area contributed by atoms with Gasteiger partial charge in [0, 0.05) is 56.2 Å². The Kier molecular flexibility index (Phi) is 5.63. The Labute approximate surface area is 248 Å². The normalized spacial score (nSPS) is 13.8. The number of aryl methyl sites for hydroxylation is 3. The standard InChI is InChI=1S/C21H14NOS.C12H10N.Ir/c1-12-10-18(22-11-13(12)2)16-5-3-4-14-15-6-7-19-17(8-9-24-19)21(15)23-20(14)16;1-10-7-8-12(13-9-10)11-5-3-2-4-6-11;/h3-4,6-11H,1-2H3;2-5,7-9H,1H3;/q2*-1;/i1D3,2D3;;. The van der Waals surface area contributed by atoms with Gasteiger partial charge >= 0.3 is 0 Å². The van der Waals surface area contributed by atoms with Crippen LogP contribution in [0.2, 0.25) is 0 Å². The molecule has 5 heteroatoms. The molecule has 0 atom stereocenters. The summed E-state index contributed by atoms with van der Waals surface area (Å²) < 4.78 is 53.7. The Bertz CT molecular complexity index is 2070. The molecule has 0 spiro atoms. The molecule has 1 radical (unpaired) electrons. The Morgan fingerprint density at radius 2 is 1.66 bits per heavy atom. The number of hydrogen-bond acceptors (Lipinski definition) is 4. The van der Waals surface area contributed by atoms with E-state index in [4.69, 9.17) is 12.6 Å². The zero-order valence-corrected chi connectivity index (χ0v) is 23.4. The number of benzene rings is 3. The Morgan fingerprint density at radius 1 is 0.789 bits per heavy atom.